The van der Waals surface area contributed by atoms with Gasteiger partial charge < -0.3 is 10.4 Å². The number of rotatable bonds is 5. The van der Waals surface area contributed by atoms with Crippen molar-refractivity contribution < 1.29 is 9.90 Å². The van der Waals surface area contributed by atoms with Gasteiger partial charge in [0.1, 0.15) is 0 Å². The fourth-order valence-corrected chi connectivity index (χ4v) is 2.55. The van der Waals surface area contributed by atoms with Gasteiger partial charge in [0.25, 0.3) is 0 Å². The summed E-state index contributed by atoms with van der Waals surface area (Å²) in [5.41, 5.74) is 0.859. The van der Waals surface area contributed by atoms with Crippen LogP contribution in [0.5, 0.6) is 0 Å². The van der Waals surface area contributed by atoms with Crippen molar-refractivity contribution in [2.45, 2.75) is 18.9 Å². The summed E-state index contributed by atoms with van der Waals surface area (Å²) in [5, 5.41) is 13.3. The first-order valence-corrected chi connectivity index (χ1v) is 8.00. The van der Waals surface area contributed by atoms with Crippen LogP contribution in [0.3, 0.4) is 0 Å². The molecule has 1 unspecified atom stereocenters. The van der Waals surface area contributed by atoms with E-state index in [2.05, 4.69) is 15.3 Å². The zero-order valence-corrected chi connectivity index (χ0v) is 13.9. The van der Waals surface area contributed by atoms with Crippen LogP contribution in [-0.4, -0.2) is 21.0 Å². The predicted octanol–water partition coefficient (Wildman–Crippen LogP) is 3.38. The molecule has 0 spiro atoms. The molecule has 2 N–H and O–H groups in total. The Morgan fingerprint density at radius 2 is 1.56 bits per heavy atom. The van der Waals surface area contributed by atoms with Gasteiger partial charge in [-0.2, -0.15) is 0 Å². The molecule has 3 rings (SSSR count). The van der Waals surface area contributed by atoms with Gasteiger partial charge in [-0.3, -0.25) is 4.79 Å². The van der Waals surface area contributed by atoms with E-state index in [-0.39, 0.29) is 12.3 Å². The largest absolute Gasteiger partial charge is 0.385 e. The summed E-state index contributed by atoms with van der Waals surface area (Å²) in [6, 6.07) is 18.7. The number of nitrogens with one attached hydrogen (secondary N) is 1. The third-order valence-electron chi connectivity index (χ3n) is 3.87. The first-order chi connectivity index (χ1) is 12.0. The summed E-state index contributed by atoms with van der Waals surface area (Å²) in [7, 11) is 0. The van der Waals surface area contributed by atoms with Gasteiger partial charge >= 0.3 is 0 Å². The zero-order chi connectivity index (χ0) is 17.7. The average Bonchev–Trinajstić information content (AvgIpc) is 2.63. The summed E-state index contributed by atoms with van der Waals surface area (Å²) in [4.78, 5) is 20.8. The highest BCUT2D eigenvalue weighted by atomic mass is 16.3. The molecule has 0 fully saturated rings. The predicted molar refractivity (Wildman–Crippen MR) is 96.7 cm³/mol. The highest BCUT2D eigenvalue weighted by molar-refractivity contribution is 5.91. The van der Waals surface area contributed by atoms with E-state index in [9.17, 15) is 9.90 Å². The quantitative estimate of drug-likeness (QED) is 0.750. The lowest BCUT2D eigenvalue weighted by molar-refractivity contribution is -0.120. The van der Waals surface area contributed by atoms with E-state index in [0.717, 1.165) is 5.56 Å². The molecule has 5 nitrogen and oxygen atoms in total. The Labute approximate surface area is 146 Å². The maximum absolute atomic E-state index is 12.2. The minimum absolute atomic E-state index is 0.0581. The van der Waals surface area contributed by atoms with E-state index in [4.69, 9.17) is 0 Å². The van der Waals surface area contributed by atoms with Crippen molar-refractivity contribution in [3.8, 4) is 11.4 Å². The third-order valence-corrected chi connectivity index (χ3v) is 3.87. The molecule has 0 radical (unpaired) electrons. The first-order valence-electron chi connectivity index (χ1n) is 8.00. The van der Waals surface area contributed by atoms with Crippen molar-refractivity contribution in [1.29, 1.82) is 0 Å². The van der Waals surface area contributed by atoms with Crippen LogP contribution < -0.4 is 5.32 Å². The van der Waals surface area contributed by atoms with E-state index in [1.807, 2.05) is 48.5 Å². The average molecular weight is 333 g/mol. The number of aromatic nitrogens is 2. The third kappa shape index (κ3) is 4.28. The number of anilines is 1. The molecule has 126 valence electrons. The maximum Gasteiger partial charge on any atom is 0.227 e. The smallest absolute Gasteiger partial charge is 0.227 e. The normalized spacial score (nSPS) is 13.0. The van der Waals surface area contributed by atoms with Crippen molar-refractivity contribution >= 4 is 11.6 Å². The van der Waals surface area contributed by atoms with Crippen LogP contribution in [0.15, 0.2) is 73.1 Å². The molecule has 0 saturated heterocycles. The lowest BCUT2D eigenvalue weighted by atomic mass is 9.92. The molecule has 0 bridgehead atoms. The van der Waals surface area contributed by atoms with Gasteiger partial charge in [0.15, 0.2) is 5.82 Å². The second-order valence-corrected chi connectivity index (χ2v) is 6.03. The summed E-state index contributed by atoms with van der Waals surface area (Å²) < 4.78 is 0. The molecule has 1 atom stereocenters. The molecular weight excluding hydrogens is 314 g/mol. The number of benzene rings is 2. The number of amides is 1. The second kappa shape index (κ2) is 7.23. The van der Waals surface area contributed by atoms with Crippen LogP contribution in [0, 0.1) is 0 Å². The molecule has 0 aliphatic rings. The van der Waals surface area contributed by atoms with Crippen molar-refractivity contribution in [1.82, 2.24) is 9.97 Å². The lowest BCUT2D eigenvalue weighted by Gasteiger charge is -2.23. The molecule has 0 aliphatic heterocycles. The molecule has 1 amide bonds. The minimum Gasteiger partial charge on any atom is -0.385 e. The Morgan fingerprint density at radius 1 is 1.00 bits per heavy atom. The van der Waals surface area contributed by atoms with Crippen LogP contribution in [0.1, 0.15) is 18.9 Å². The van der Waals surface area contributed by atoms with Crippen LogP contribution >= 0.6 is 0 Å². The van der Waals surface area contributed by atoms with E-state index in [0.29, 0.717) is 17.1 Å². The van der Waals surface area contributed by atoms with Crippen molar-refractivity contribution in [3.63, 3.8) is 0 Å². The fourth-order valence-electron chi connectivity index (χ4n) is 2.55. The zero-order valence-electron chi connectivity index (χ0n) is 13.9. The fraction of sp³-hybridized carbons (Fsp3) is 0.150. The van der Waals surface area contributed by atoms with Crippen molar-refractivity contribution in [2.24, 2.45) is 0 Å². The molecule has 1 aromatic heterocycles. The maximum atomic E-state index is 12.2. The second-order valence-electron chi connectivity index (χ2n) is 6.03. The van der Waals surface area contributed by atoms with Gasteiger partial charge in [-0.25, -0.2) is 9.97 Å². The van der Waals surface area contributed by atoms with Crippen LogP contribution in [0.25, 0.3) is 11.4 Å². The highest BCUT2D eigenvalue weighted by Gasteiger charge is 2.26. The molecule has 0 aliphatic carbocycles. The Morgan fingerprint density at radius 3 is 2.16 bits per heavy atom. The lowest BCUT2D eigenvalue weighted by Crippen LogP contribution is -2.28. The summed E-state index contributed by atoms with van der Waals surface area (Å²) >= 11 is 0. The Hall–Kier alpha value is -3.05. The number of aliphatic hydroxyl groups is 1. The number of carbonyl (C=O) groups excluding carboxylic acids is 1. The van der Waals surface area contributed by atoms with Crippen LogP contribution in [0.4, 0.5) is 5.69 Å². The summed E-state index contributed by atoms with van der Waals surface area (Å²) in [6.45, 7) is 1.62. The highest BCUT2D eigenvalue weighted by Crippen LogP contribution is 2.24. The Balaban J connectivity index is 1.65. The standard InChI is InChI=1S/C20H19N3O2/c1-20(25,16-10-6-3-7-11-16)12-18(24)23-17-13-21-19(22-14-17)15-8-4-2-5-9-15/h2-11,13-14,25H,12H2,1H3,(H,23,24). The monoisotopic (exact) mass is 333 g/mol. The van der Waals surface area contributed by atoms with Gasteiger partial charge in [0.05, 0.1) is 30.1 Å². The topological polar surface area (TPSA) is 75.1 Å². The van der Waals surface area contributed by atoms with E-state index in [1.54, 1.807) is 31.5 Å². The van der Waals surface area contributed by atoms with E-state index < -0.39 is 5.60 Å². The van der Waals surface area contributed by atoms with Gasteiger partial charge in [-0.1, -0.05) is 60.7 Å². The molecular formula is C20H19N3O2. The molecule has 1 heterocycles. The SMILES string of the molecule is CC(O)(CC(=O)Nc1cnc(-c2ccccc2)nc1)c1ccccc1. The van der Waals surface area contributed by atoms with Gasteiger partial charge in [-0.15, -0.1) is 0 Å². The van der Waals surface area contributed by atoms with Gasteiger partial charge in [-0.05, 0) is 12.5 Å². The van der Waals surface area contributed by atoms with Crippen LogP contribution in [0.2, 0.25) is 0 Å². The molecule has 0 saturated carbocycles. The number of hydrogen-bond acceptors (Lipinski definition) is 4. The summed E-state index contributed by atoms with van der Waals surface area (Å²) in [6.07, 6.45) is 3.06. The minimum atomic E-state index is -1.24. The first kappa shape index (κ1) is 16.8. The van der Waals surface area contributed by atoms with Gasteiger partial charge in [0, 0.05) is 5.56 Å². The number of hydrogen-bond donors (Lipinski definition) is 2. The molecule has 2 aromatic carbocycles. The van der Waals surface area contributed by atoms with Crippen molar-refractivity contribution in [2.75, 3.05) is 5.32 Å². The number of carbonyl (C=O) groups is 1. The van der Waals surface area contributed by atoms with Crippen LogP contribution in [-0.2, 0) is 10.4 Å². The molecule has 25 heavy (non-hydrogen) atoms. The van der Waals surface area contributed by atoms with Gasteiger partial charge in [0.2, 0.25) is 5.91 Å². The Bertz CT molecular complexity index is 832. The number of nitrogens with zero attached hydrogens (tertiary/aromatic N) is 2. The molecule has 5 heteroatoms. The van der Waals surface area contributed by atoms with Crippen molar-refractivity contribution in [3.05, 3.63) is 78.6 Å². The Kier molecular flexibility index (Phi) is 4.86. The summed E-state index contributed by atoms with van der Waals surface area (Å²) in [5.74, 6) is 0.291. The molecule has 3 aromatic rings. The van der Waals surface area contributed by atoms with E-state index in [1.165, 1.54) is 0 Å². The van der Waals surface area contributed by atoms with E-state index >= 15 is 0 Å².